The first-order valence-electron chi connectivity index (χ1n) is 3.43. The van der Waals surface area contributed by atoms with E-state index in [0.717, 1.165) is 20.5 Å². The second kappa shape index (κ2) is 2.99. The van der Waals surface area contributed by atoms with Gasteiger partial charge in [0, 0.05) is 20.5 Å². The van der Waals surface area contributed by atoms with Gasteiger partial charge in [0.05, 0.1) is 0 Å². The Kier molecular flexibility index (Phi) is 2.24. The van der Waals surface area contributed by atoms with E-state index >= 15 is 0 Å². The zero-order chi connectivity index (χ0) is 7.56. The Morgan fingerprint density at radius 2 is 2.00 bits per heavy atom. The van der Waals surface area contributed by atoms with Crippen molar-refractivity contribution in [2.45, 2.75) is 0 Å². The summed E-state index contributed by atoms with van der Waals surface area (Å²) in [5, 5.41) is 2.91. The van der Waals surface area contributed by atoms with E-state index in [1.54, 1.807) is 0 Å². The van der Waals surface area contributed by atoms with E-state index in [9.17, 15) is 0 Å². The highest BCUT2D eigenvalue weighted by atomic mass is 28.1. The fraction of sp³-hybridized carbons (Fsp3) is 0. The molecule has 0 amide bonds. The zero-order valence-corrected chi connectivity index (χ0v) is 10.5. The van der Waals surface area contributed by atoms with Crippen LogP contribution in [0, 0.1) is 0 Å². The quantitative estimate of drug-likeness (QED) is 0.435. The van der Waals surface area contributed by atoms with E-state index in [-0.39, 0.29) is 0 Å². The normalized spacial score (nSPS) is 10.0. The van der Waals surface area contributed by atoms with Gasteiger partial charge >= 0.3 is 0 Å². The minimum atomic E-state index is 1.13. The second-order valence-corrected chi connectivity index (χ2v) is 4.80. The van der Waals surface area contributed by atoms with Crippen molar-refractivity contribution in [2.24, 2.45) is 0 Å². The van der Waals surface area contributed by atoms with Gasteiger partial charge in [0.1, 0.15) is 0 Å². The van der Waals surface area contributed by atoms with Crippen molar-refractivity contribution in [3.63, 3.8) is 0 Å². The molecule has 0 aliphatic rings. The second-order valence-electron chi connectivity index (χ2n) is 2.56. The smallest absolute Gasteiger partial charge is 0.0392 e. The molecule has 1 rings (SSSR count). The molecule has 0 fully saturated rings. The van der Waals surface area contributed by atoms with Crippen molar-refractivity contribution in [3.05, 3.63) is 30.3 Å². The molecule has 0 saturated carbocycles. The van der Waals surface area contributed by atoms with Gasteiger partial charge < -0.3 is 0 Å². The standard InChI is InChI=1S/C8H12Si2/c1-2-6-5-7(9)3-4-8(6)10/h2-5H,1H2,9-10H3. The van der Waals surface area contributed by atoms with E-state index in [0.29, 0.717) is 0 Å². The van der Waals surface area contributed by atoms with E-state index in [4.69, 9.17) is 0 Å². The largest absolute Gasteiger partial charge is 0.0985 e. The first kappa shape index (κ1) is 7.50. The zero-order valence-electron chi connectivity index (χ0n) is 6.52. The van der Waals surface area contributed by atoms with Crippen LogP contribution in [0.1, 0.15) is 5.56 Å². The van der Waals surface area contributed by atoms with Gasteiger partial charge in [-0.3, -0.25) is 0 Å². The van der Waals surface area contributed by atoms with Crippen molar-refractivity contribution in [1.82, 2.24) is 0 Å². The third kappa shape index (κ3) is 1.46. The third-order valence-corrected chi connectivity index (χ3v) is 3.19. The Bertz CT molecular complexity index is 253. The molecule has 1 aromatic carbocycles. The Labute approximate surface area is 67.8 Å². The number of benzene rings is 1. The molecule has 1 aromatic rings. The molecule has 0 atom stereocenters. The van der Waals surface area contributed by atoms with Gasteiger partial charge in [-0.1, -0.05) is 41.2 Å². The minimum Gasteiger partial charge on any atom is -0.0985 e. The highest BCUT2D eigenvalue weighted by Gasteiger charge is 1.91. The van der Waals surface area contributed by atoms with E-state index in [2.05, 4.69) is 24.8 Å². The molecule has 0 saturated heterocycles. The van der Waals surface area contributed by atoms with Crippen molar-refractivity contribution in [1.29, 1.82) is 0 Å². The van der Waals surface area contributed by atoms with E-state index in [1.165, 1.54) is 15.9 Å². The summed E-state index contributed by atoms with van der Waals surface area (Å²) < 4.78 is 0. The van der Waals surface area contributed by atoms with E-state index < -0.39 is 0 Å². The van der Waals surface area contributed by atoms with Crippen LogP contribution in [-0.4, -0.2) is 20.5 Å². The number of hydrogen-bond acceptors (Lipinski definition) is 0. The lowest BCUT2D eigenvalue weighted by Gasteiger charge is -1.99. The van der Waals surface area contributed by atoms with Gasteiger partial charge in [0.25, 0.3) is 0 Å². The molecule has 0 aliphatic carbocycles. The van der Waals surface area contributed by atoms with Crippen LogP contribution in [0.25, 0.3) is 6.08 Å². The summed E-state index contributed by atoms with van der Waals surface area (Å²) in [5.74, 6) is 0. The minimum absolute atomic E-state index is 1.13. The molecule has 0 heterocycles. The van der Waals surface area contributed by atoms with Crippen LogP contribution in [0.5, 0.6) is 0 Å². The summed E-state index contributed by atoms with van der Waals surface area (Å²) in [5.41, 5.74) is 1.33. The van der Waals surface area contributed by atoms with Crippen molar-refractivity contribution < 1.29 is 0 Å². The Balaban J connectivity index is 3.21. The van der Waals surface area contributed by atoms with Crippen molar-refractivity contribution in [2.75, 3.05) is 0 Å². The summed E-state index contributed by atoms with van der Waals surface area (Å²) in [6.45, 7) is 3.77. The molecule has 52 valence electrons. The van der Waals surface area contributed by atoms with E-state index in [1.807, 2.05) is 6.08 Å². The van der Waals surface area contributed by atoms with Crippen LogP contribution in [0.15, 0.2) is 24.8 Å². The maximum Gasteiger partial charge on any atom is 0.0392 e. The Morgan fingerprint density at radius 3 is 2.50 bits per heavy atom. The molecule has 0 bridgehead atoms. The van der Waals surface area contributed by atoms with Crippen LogP contribution < -0.4 is 10.4 Å². The monoisotopic (exact) mass is 164 g/mol. The summed E-state index contributed by atoms with van der Waals surface area (Å²) in [6.07, 6.45) is 1.95. The van der Waals surface area contributed by atoms with Crippen LogP contribution in [0.3, 0.4) is 0 Å². The molecule has 2 heteroatoms. The molecule has 0 aromatic heterocycles. The SMILES string of the molecule is C=Cc1cc([SiH3])ccc1[SiH3]. The average Bonchev–Trinajstić information content (AvgIpc) is 1.94. The van der Waals surface area contributed by atoms with Gasteiger partial charge in [0.2, 0.25) is 0 Å². The number of rotatable bonds is 1. The molecule has 0 N–H and O–H groups in total. The first-order valence-corrected chi connectivity index (χ1v) is 5.43. The van der Waals surface area contributed by atoms with Gasteiger partial charge in [-0.15, -0.1) is 0 Å². The molecular weight excluding hydrogens is 152 g/mol. The topological polar surface area (TPSA) is 0 Å². The summed E-state index contributed by atoms with van der Waals surface area (Å²) >= 11 is 0. The first-order chi connectivity index (χ1) is 4.74. The summed E-state index contributed by atoms with van der Waals surface area (Å²) in [4.78, 5) is 0. The summed E-state index contributed by atoms with van der Waals surface area (Å²) in [6, 6.07) is 6.66. The molecule has 0 aliphatic heterocycles. The van der Waals surface area contributed by atoms with Gasteiger partial charge in [-0.25, -0.2) is 0 Å². The maximum absolute atomic E-state index is 3.77. The highest BCUT2D eigenvalue weighted by Crippen LogP contribution is 1.92. The lowest BCUT2D eigenvalue weighted by atomic mass is 10.2. The fourth-order valence-electron chi connectivity index (χ4n) is 0.980. The fourth-order valence-corrected chi connectivity index (χ4v) is 1.97. The lowest BCUT2D eigenvalue weighted by Crippen LogP contribution is -2.13. The molecule has 0 unspecified atom stereocenters. The van der Waals surface area contributed by atoms with Crippen LogP contribution in [0.4, 0.5) is 0 Å². The van der Waals surface area contributed by atoms with Gasteiger partial charge in [-0.05, 0) is 5.56 Å². The van der Waals surface area contributed by atoms with Gasteiger partial charge in [0.15, 0.2) is 0 Å². The van der Waals surface area contributed by atoms with Crippen LogP contribution in [0.2, 0.25) is 0 Å². The third-order valence-electron chi connectivity index (χ3n) is 1.65. The Morgan fingerprint density at radius 1 is 1.30 bits per heavy atom. The maximum atomic E-state index is 3.77. The molecule has 0 spiro atoms. The molecule has 0 nitrogen and oxygen atoms in total. The predicted octanol–water partition coefficient (Wildman–Crippen LogP) is -1.69. The van der Waals surface area contributed by atoms with Crippen LogP contribution in [-0.2, 0) is 0 Å². The van der Waals surface area contributed by atoms with Crippen LogP contribution >= 0.6 is 0 Å². The molecule has 10 heavy (non-hydrogen) atoms. The van der Waals surface area contributed by atoms with Crippen molar-refractivity contribution >= 4 is 36.9 Å². The summed E-state index contributed by atoms with van der Waals surface area (Å²) in [7, 11) is 2.27. The highest BCUT2D eigenvalue weighted by molar-refractivity contribution is 6.37. The molecular formula is C8H12Si2. The van der Waals surface area contributed by atoms with Crippen molar-refractivity contribution in [3.8, 4) is 0 Å². The predicted molar refractivity (Wildman–Crippen MR) is 55.7 cm³/mol. The average molecular weight is 164 g/mol. The lowest BCUT2D eigenvalue weighted by molar-refractivity contribution is 1.78. The molecule has 0 radical (unpaired) electrons. The van der Waals surface area contributed by atoms with Gasteiger partial charge in [-0.2, -0.15) is 0 Å². The Hall–Kier alpha value is -0.606. The number of hydrogen-bond donors (Lipinski definition) is 0.